The Hall–Kier alpha value is -1.17. The van der Waals surface area contributed by atoms with Crippen LogP contribution in [0, 0.1) is 0 Å². The molecule has 21 heavy (non-hydrogen) atoms. The van der Waals surface area contributed by atoms with Gasteiger partial charge in [-0.05, 0) is 51.7 Å². The van der Waals surface area contributed by atoms with Gasteiger partial charge >= 0.3 is 0 Å². The van der Waals surface area contributed by atoms with E-state index in [9.17, 15) is 4.79 Å². The lowest BCUT2D eigenvalue weighted by Crippen LogP contribution is -2.27. The molecule has 2 aromatic rings. The van der Waals surface area contributed by atoms with Crippen LogP contribution in [0.2, 0.25) is 0 Å². The molecule has 1 aromatic heterocycles. The highest BCUT2D eigenvalue weighted by molar-refractivity contribution is 9.11. The van der Waals surface area contributed by atoms with Crippen LogP contribution < -0.4 is 10.6 Å². The molecule has 1 aromatic carbocycles. The Morgan fingerprint density at radius 3 is 2.90 bits per heavy atom. The number of carbonyl (C=O) groups excluding carboxylic acids is 1. The number of rotatable bonds is 4. The monoisotopic (exact) mass is 364 g/mol. The third-order valence-corrected chi connectivity index (χ3v) is 5.59. The minimum atomic E-state index is -0.114. The molecule has 0 saturated carbocycles. The number of fused-ring (bicyclic) bond motifs is 1. The number of benzene rings is 1. The lowest BCUT2D eigenvalue weighted by Gasteiger charge is -2.11. The van der Waals surface area contributed by atoms with E-state index in [2.05, 4.69) is 44.8 Å². The number of nitrogens with one attached hydrogen (secondary N) is 2. The molecule has 1 aliphatic rings. The van der Waals surface area contributed by atoms with Crippen LogP contribution in [-0.4, -0.2) is 5.91 Å². The van der Waals surface area contributed by atoms with Gasteiger partial charge in [-0.2, -0.15) is 0 Å². The highest BCUT2D eigenvalue weighted by Crippen LogP contribution is 2.28. The molecule has 0 fully saturated rings. The van der Waals surface area contributed by atoms with E-state index < -0.39 is 0 Å². The van der Waals surface area contributed by atoms with Crippen LogP contribution >= 0.6 is 27.3 Å². The van der Waals surface area contributed by atoms with Crippen molar-refractivity contribution in [3.63, 3.8) is 0 Å². The summed E-state index contributed by atoms with van der Waals surface area (Å²) < 4.78 is 1.06. The Labute approximate surface area is 136 Å². The molecule has 0 aliphatic carbocycles. The molecule has 3 rings (SSSR count). The van der Waals surface area contributed by atoms with E-state index in [4.69, 9.17) is 0 Å². The van der Waals surface area contributed by atoms with Crippen molar-refractivity contribution in [2.75, 3.05) is 0 Å². The maximum Gasteiger partial charge on any atom is 0.228 e. The molecule has 110 valence electrons. The molecule has 5 heteroatoms. The standard InChI is InChI=1S/C16H17BrN2OS/c1-10(14-4-5-15(17)21-14)16(20)19-7-11-2-3-12-8-18-9-13(12)6-11/h2-6,10,18H,7-9H2,1H3,(H,19,20). The number of hydrogen-bond donors (Lipinski definition) is 2. The lowest BCUT2D eigenvalue weighted by molar-refractivity contribution is -0.122. The average Bonchev–Trinajstić information content (AvgIpc) is 3.11. The van der Waals surface area contributed by atoms with Gasteiger partial charge in [0.1, 0.15) is 0 Å². The first-order valence-electron chi connectivity index (χ1n) is 6.98. The number of halogens is 1. The molecule has 1 aliphatic heterocycles. The summed E-state index contributed by atoms with van der Waals surface area (Å²) in [6.07, 6.45) is 0. The van der Waals surface area contributed by atoms with Crippen molar-refractivity contribution >= 4 is 33.2 Å². The third-order valence-electron chi connectivity index (χ3n) is 3.78. The fourth-order valence-corrected chi connectivity index (χ4v) is 3.96. The summed E-state index contributed by atoms with van der Waals surface area (Å²) in [7, 11) is 0. The normalized spacial score (nSPS) is 14.8. The Bertz CT molecular complexity index is 668. The van der Waals surface area contributed by atoms with E-state index in [1.807, 2.05) is 19.1 Å². The Balaban J connectivity index is 1.60. The third kappa shape index (κ3) is 3.36. The number of amides is 1. The molecular weight excluding hydrogens is 348 g/mol. The fourth-order valence-electron chi connectivity index (χ4n) is 2.49. The van der Waals surface area contributed by atoms with Crippen molar-refractivity contribution in [2.45, 2.75) is 32.5 Å². The summed E-state index contributed by atoms with van der Waals surface area (Å²) in [5.74, 6) is -0.0413. The predicted octanol–water partition coefficient (Wildman–Crippen LogP) is 3.53. The molecule has 2 heterocycles. The summed E-state index contributed by atoms with van der Waals surface area (Å²) in [6.45, 7) is 4.41. The Morgan fingerprint density at radius 1 is 1.33 bits per heavy atom. The summed E-state index contributed by atoms with van der Waals surface area (Å²) in [4.78, 5) is 13.3. The second-order valence-corrected chi connectivity index (χ2v) is 7.78. The maximum absolute atomic E-state index is 12.2. The van der Waals surface area contributed by atoms with Crippen LogP contribution in [0.3, 0.4) is 0 Å². The molecule has 2 N–H and O–H groups in total. The first-order valence-corrected chi connectivity index (χ1v) is 8.59. The van der Waals surface area contributed by atoms with Crippen LogP contribution in [0.15, 0.2) is 34.1 Å². The van der Waals surface area contributed by atoms with Crippen molar-refractivity contribution in [3.8, 4) is 0 Å². The molecule has 0 radical (unpaired) electrons. The quantitative estimate of drug-likeness (QED) is 0.870. The molecule has 3 nitrogen and oxygen atoms in total. The molecule has 0 bridgehead atoms. The fraction of sp³-hybridized carbons (Fsp3) is 0.312. The molecular formula is C16H17BrN2OS. The van der Waals surface area contributed by atoms with Gasteiger partial charge in [-0.25, -0.2) is 0 Å². The van der Waals surface area contributed by atoms with Crippen LogP contribution in [0.25, 0.3) is 0 Å². The second kappa shape index (κ2) is 6.30. The van der Waals surface area contributed by atoms with Crippen molar-refractivity contribution in [2.24, 2.45) is 0 Å². The number of thiophene rings is 1. The van der Waals surface area contributed by atoms with E-state index in [1.165, 1.54) is 11.1 Å². The SMILES string of the molecule is CC(C(=O)NCc1ccc2c(c1)CNC2)c1ccc(Br)s1. The van der Waals surface area contributed by atoms with Crippen molar-refractivity contribution in [3.05, 3.63) is 55.7 Å². The van der Waals surface area contributed by atoms with E-state index in [1.54, 1.807) is 11.3 Å². The predicted molar refractivity (Wildman–Crippen MR) is 89.3 cm³/mol. The van der Waals surface area contributed by atoms with Crippen LogP contribution in [0.4, 0.5) is 0 Å². The zero-order valence-electron chi connectivity index (χ0n) is 11.8. The molecule has 1 unspecified atom stereocenters. The first kappa shape index (κ1) is 14.8. The van der Waals surface area contributed by atoms with E-state index in [-0.39, 0.29) is 11.8 Å². The highest BCUT2D eigenvalue weighted by atomic mass is 79.9. The maximum atomic E-state index is 12.2. The van der Waals surface area contributed by atoms with Gasteiger partial charge in [0, 0.05) is 24.5 Å². The van der Waals surface area contributed by atoms with Crippen molar-refractivity contribution < 1.29 is 4.79 Å². The highest BCUT2D eigenvalue weighted by Gasteiger charge is 2.17. The Morgan fingerprint density at radius 2 is 2.14 bits per heavy atom. The van der Waals surface area contributed by atoms with Gasteiger partial charge in [0.25, 0.3) is 0 Å². The second-order valence-electron chi connectivity index (χ2n) is 5.29. The summed E-state index contributed by atoms with van der Waals surface area (Å²) in [5, 5.41) is 6.36. The van der Waals surface area contributed by atoms with Gasteiger partial charge in [-0.3, -0.25) is 4.79 Å². The lowest BCUT2D eigenvalue weighted by atomic mass is 10.1. The topological polar surface area (TPSA) is 41.1 Å². The van der Waals surface area contributed by atoms with Crippen molar-refractivity contribution in [1.29, 1.82) is 0 Å². The average molecular weight is 365 g/mol. The largest absolute Gasteiger partial charge is 0.351 e. The Kier molecular flexibility index (Phi) is 4.42. The van der Waals surface area contributed by atoms with Gasteiger partial charge in [0.15, 0.2) is 0 Å². The van der Waals surface area contributed by atoms with Crippen molar-refractivity contribution in [1.82, 2.24) is 10.6 Å². The molecule has 1 atom stereocenters. The first-order chi connectivity index (χ1) is 10.1. The van der Waals surface area contributed by atoms with Crippen LogP contribution in [0.1, 0.15) is 34.4 Å². The molecule has 0 saturated heterocycles. The van der Waals surface area contributed by atoms with Crippen LogP contribution in [-0.2, 0) is 24.4 Å². The van der Waals surface area contributed by atoms with E-state index >= 15 is 0 Å². The number of carbonyl (C=O) groups is 1. The van der Waals surface area contributed by atoms with Gasteiger partial charge < -0.3 is 10.6 Å². The minimum absolute atomic E-state index is 0.0722. The van der Waals surface area contributed by atoms with Gasteiger partial charge in [0.2, 0.25) is 5.91 Å². The minimum Gasteiger partial charge on any atom is -0.351 e. The smallest absolute Gasteiger partial charge is 0.228 e. The zero-order chi connectivity index (χ0) is 14.8. The van der Waals surface area contributed by atoms with E-state index in [0.717, 1.165) is 27.3 Å². The van der Waals surface area contributed by atoms with E-state index in [0.29, 0.717) is 6.54 Å². The summed E-state index contributed by atoms with van der Waals surface area (Å²) in [6, 6.07) is 10.4. The van der Waals surface area contributed by atoms with Crippen LogP contribution in [0.5, 0.6) is 0 Å². The molecule has 1 amide bonds. The summed E-state index contributed by atoms with van der Waals surface area (Å²) in [5.41, 5.74) is 3.87. The number of hydrogen-bond acceptors (Lipinski definition) is 3. The van der Waals surface area contributed by atoms with Gasteiger partial charge in [0.05, 0.1) is 9.70 Å². The molecule has 0 spiro atoms. The van der Waals surface area contributed by atoms with Gasteiger partial charge in [-0.1, -0.05) is 18.2 Å². The van der Waals surface area contributed by atoms with Gasteiger partial charge in [-0.15, -0.1) is 11.3 Å². The zero-order valence-corrected chi connectivity index (χ0v) is 14.2. The summed E-state index contributed by atoms with van der Waals surface area (Å²) >= 11 is 5.04.